The Kier molecular flexibility index (Phi) is 11.4. The number of anilines is 6. The highest BCUT2D eigenvalue weighted by Gasteiger charge is 2.26. The van der Waals surface area contributed by atoms with E-state index in [1.165, 1.54) is 39.1 Å². The van der Waals surface area contributed by atoms with Crippen LogP contribution in [0.2, 0.25) is 0 Å². The number of rotatable bonds is 9. The van der Waals surface area contributed by atoms with E-state index in [1.54, 1.807) is 0 Å². The van der Waals surface area contributed by atoms with Crippen LogP contribution in [0.5, 0.6) is 0 Å². The molecule has 0 N–H and O–H groups in total. The quantitative estimate of drug-likeness (QED) is 0.147. The summed E-state index contributed by atoms with van der Waals surface area (Å²) in [4.78, 5) is 2.28. The molecule has 0 saturated carbocycles. The third-order valence-corrected chi connectivity index (χ3v) is 8.61. The number of aryl methyl sites for hydroxylation is 6. The van der Waals surface area contributed by atoms with Gasteiger partial charge in [0.15, 0.2) is 0 Å². The highest BCUT2D eigenvalue weighted by Crippen LogP contribution is 2.43. The summed E-state index contributed by atoms with van der Waals surface area (Å²) in [6.45, 7) is 12.9. The lowest BCUT2D eigenvalue weighted by atomic mass is 10.1. The monoisotopic (exact) mass is 631 g/mol. The molecule has 6 rings (SSSR count). The van der Waals surface area contributed by atoms with Gasteiger partial charge >= 0.3 is 0 Å². The molecule has 0 amide bonds. The largest absolute Gasteiger partial charge is 0.343 e. The molecule has 0 aliphatic carbocycles. The number of hydrogen-bond donors (Lipinski definition) is 0. The molecule has 0 saturated heterocycles. The SMILES string of the molecule is CCCc1ccccc1N(c1ccc(C)cc1)N(c1ccc(C)cc1)c1ccccc1N(C)c1ccc(C)cc1.Cc1ccc(C)cc1. The first-order chi connectivity index (χ1) is 23.2. The van der Waals surface area contributed by atoms with Crippen LogP contribution >= 0.6 is 0 Å². The van der Waals surface area contributed by atoms with Gasteiger partial charge in [0.1, 0.15) is 0 Å². The number of nitrogens with zero attached hydrogens (tertiary/aromatic N) is 3. The maximum Gasteiger partial charge on any atom is 0.0873 e. The predicted octanol–water partition coefficient (Wildman–Crippen LogP) is 12.5. The minimum atomic E-state index is 1.01. The minimum absolute atomic E-state index is 1.01. The van der Waals surface area contributed by atoms with Crippen LogP contribution in [-0.2, 0) is 6.42 Å². The molecule has 0 aromatic heterocycles. The molecule has 0 spiro atoms. The summed E-state index contributed by atoms with van der Waals surface area (Å²) in [5, 5.41) is 4.76. The van der Waals surface area contributed by atoms with Gasteiger partial charge in [-0.25, -0.2) is 10.0 Å². The van der Waals surface area contributed by atoms with E-state index in [2.05, 4.69) is 209 Å². The van der Waals surface area contributed by atoms with Crippen LogP contribution in [0.15, 0.2) is 146 Å². The summed E-state index contributed by atoms with van der Waals surface area (Å²) in [6, 6.07) is 52.4. The Morgan fingerprint density at radius 3 is 1.15 bits per heavy atom. The van der Waals surface area contributed by atoms with E-state index in [1.807, 2.05) is 0 Å². The zero-order valence-electron chi connectivity index (χ0n) is 29.6. The molecule has 0 unspecified atom stereocenters. The van der Waals surface area contributed by atoms with E-state index in [0.717, 1.165) is 41.3 Å². The molecule has 0 atom stereocenters. The molecule has 0 bridgehead atoms. The van der Waals surface area contributed by atoms with Gasteiger partial charge in [-0.1, -0.05) is 132 Å². The molecule has 48 heavy (non-hydrogen) atoms. The van der Waals surface area contributed by atoms with E-state index in [9.17, 15) is 0 Å². The van der Waals surface area contributed by atoms with Crippen LogP contribution in [0.4, 0.5) is 34.1 Å². The van der Waals surface area contributed by atoms with Gasteiger partial charge in [0.2, 0.25) is 0 Å². The van der Waals surface area contributed by atoms with Gasteiger partial charge in [0.25, 0.3) is 0 Å². The zero-order valence-corrected chi connectivity index (χ0v) is 29.6. The summed E-state index contributed by atoms with van der Waals surface area (Å²) >= 11 is 0. The van der Waals surface area contributed by atoms with Crippen LogP contribution in [0.25, 0.3) is 0 Å². The zero-order chi connectivity index (χ0) is 34.0. The van der Waals surface area contributed by atoms with Crippen LogP contribution < -0.4 is 14.9 Å². The molecule has 3 heteroatoms. The predicted molar refractivity (Wildman–Crippen MR) is 209 cm³/mol. The molecule has 0 heterocycles. The third kappa shape index (κ3) is 8.35. The highest BCUT2D eigenvalue weighted by molar-refractivity contribution is 5.87. The summed E-state index contributed by atoms with van der Waals surface area (Å²) in [5.74, 6) is 0. The lowest BCUT2D eigenvalue weighted by Crippen LogP contribution is -2.37. The third-order valence-electron chi connectivity index (χ3n) is 8.61. The number of para-hydroxylation sites is 3. The molecule has 0 aliphatic rings. The van der Waals surface area contributed by atoms with E-state index in [0.29, 0.717) is 0 Å². The fourth-order valence-corrected chi connectivity index (χ4v) is 5.77. The summed E-state index contributed by atoms with van der Waals surface area (Å²) in [7, 11) is 2.15. The van der Waals surface area contributed by atoms with Gasteiger partial charge in [-0.3, -0.25) is 0 Å². The Morgan fingerprint density at radius 1 is 0.375 bits per heavy atom. The molecule has 3 nitrogen and oxygen atoms in total. The average molecular weight is 632 g/mol. The van der Waals surface area contributed by atoms with Gasteiger partial charge in [-0.05, 0) is 101 Å². The molecular formula is C45H49N3. The van der Waals surface area contributed by atoms with Crippen molar-refractivity contribution in [2.75, 3.05) is 22.0 Å². The van der Waals surface area contributed by atoms with Crippen molar-refractivity contribution in [3.05, 3.63) is 179 Å². The number of hydrogen-bond acceptors (Lipinski definition) is 3. The molecule has 6 aromatic rings. The lowest BCUT2D eigenvalue weighted by Gasteiger charge is -2.41. The van der Waals surface area contributed by atoms with E-state index < -0.39 is 0 Å². The second-order valence-electron chi connectivity index (χ2n) is 12.7. The first-order valence-electron chi connectivity index (χ1n) is 17.0. The Labute approximate surface area is 288 Å². The lowest BCUT2D eigenvalue weighted by molar-refractivity contribution is 0.900. The molecule has 0 aliphatic heterocycles. The normalized spacial score (nSPS) is 10.6. The standard InChI is InChI=1S/C37H39N3.C8H10/c1-6-11-31-12-7-8-13-35(31)39(33-24-18-29(3)19-25-33)40(34-26-20-30(4)21-27-34)37-15-10-9-14-36(37)38(5)32-22-16-28(2)17-23-32;1-7-3-5-8(2)6-4-7/h7-10,12-27H,6,11H2,1-5H3;3-6H,1-2H3. The topological polar surface area (TPSA) is 9.72 Å². The smallest absolute Gasteiger partial charge is 0.0873 e. The van der Waals surface area contributed by atoms with Crippen molar-refractivity contribution in [2.24, 2.45) is 0 Å². The second kappa shape index (κ2) is 16.0. The fraction of sp³-hybridized carbons (Fsp3) is 0.200. The average Bonchev–Trinajstić information content (AvgIpc) is 3.10. The molecule has 6 aromatic carbocycles. The Hall–Kier alpha value is -5.28. The Bertz CT molecular complexity index is 1850. The molecule has 0 radical (unpaired) electrons. The van der Waals surface area contributed by atoms with Gasteiger partial charge in [-0.15, -0.1) is 0 Å². The van der Waals surface area contributed by atoms with Crippen molar-refractivity contribution < 1.29 is 0 Å². The maximum absolute atomic E-state index is 2.39. The minimum Gasteiger partial charge on any atom is -0.343 e. The van der Waals surface area contributed by atoms with Crippen molar-refractivity contribution in [2.45, 2.75) is 54.4 Å². The van der Waals surface area contributed by atoms with Crippen LogP contribution in [0, 0.1) is 34.6 Å². The molecular weight excluding hydrogens is 583 g/mol. The Morgan fingerprint density at radius 2 is 0.708 bits per heavy atom. The van der Waals surface area contributed by atoms with E-state index in [4.69, 9.17) is 0 Å². The molecule has 244 valence electrons. The number of hydrazine groups is 1. The van der Waals surface area contributed by atoms with Gasteiger partial charge in [-0.2, -0.15) is 0 Å². The van der Waals surface area contributed by atoms with Crippen molar-refractivity contribution >= 4 is 34.1 Å². The van der Waals surface area contributed by atoms with Crippen LogP contribution in [0.1, 0.15) is 46.7 Å². The van der Waals surface area contributed by atoms with Crippen LogP contribution in [0.3, 0.4) is 0 Å². The second-order valence-corrected chi connectivity index (χ2v) is 12.7. The summed E-state index contributed by atoms with van der Waals surface area (Å²) in [6.07, 6.45) is 2.08. The fourth-order valence-electron chi connectivity index (χ4n) is 5.77. The summed E-state index contributed by atoms with van der Waals surface area (Å²) < 4.78 is 0. The van der Waals surface area contributed by atoms with Gasteiger partial charge in [0.05, 0.1) is 28.4 Å². The van der Waals surface area contributed by atoms with Crippen LogP contribution in [-0.4, -0.2) is 7.05 Å². The summed E-state index contributed by atoms with van der Waals surface area (Å²) in [5.41, 5.74) is 14.5. The van der Waals surface area contributed by atoms with Crippen molar-refractivity contribution in [1.82, 2.24) is 0 Å². The van der Waals surface area contributed by atoms with E-state index >= 15 is 0 Å². The van der Waals surface area contributed by atoms with Crippen molar-refractivity contribution in [3.8, 4) is 0 Å². The maximum atomic E-state index is 2.39. The Balaban J connectivity index is 0.000000494. The molecule has 0 fully saturated rings. The van der Waals surface area contributed by atoms with E-state index in [-0.39, 0.29) is 0 Å². The highest BCUT2D eigenvalue weighted by atomic mass is 15.6. The number of benzene rings is 6. The van der Waals surface area contributed by atoms with Crippen molar-refractivity contribution in [3.63, 3.8) is 0 Å². The van der Waals surface area contributed by atoms with Gasteiger partial charge in [0, 0.05) is 12.7 Å². The van der Waals surface area contributed by atoms with Gasteiger partial charge < -0.3 is 4.90 Å². The van der Waals surface area contributed by atoms with Crippen molar-refractivity contribution in [1.29, 1.82) is 0 Å². The first-order valence-corrected chi connectivity index (χ1v) is 17.0. The first kappa shape index (κ1) is 34.1.